The highest BCUT2D eigenvalue weighted by Gasteiger charge is 2.42. The van der Waals surface area contributed by atoms with E-state index in [4.69, 9.17) is 9.84 Å². The van der Waals surface area contributed by atoms with Crippen LogP contribution in [-0.2, 0) is 9.53 Å². The van der Waals surface area contributed by atoms with Crippen molar-refractivity contribution in [2.45, 2.75) is 51.6 Å². The van der Waals surface area contributed by atoms with Gasteiger partial charge in [-0.25, -0.2) is 9.59 Å². The van der Waals surface area contributed by atoms with Crippen molar-refractivity contribution < 1.29 is 24.2 Å². The molecular formula is C19H31N5O5. The first-order valence-electron chi connectivity index (χ1n) is 9.98. The van der Waals surface area contributed by atoms with E-state index < -0.39 is 29.0 Å². The number of nitrogens with zero attached hydrogens (tertiary/aromatic N) is 3. The van der Waals surface area contributed by atoms with Gasteiger partial charge < -0.3 is 30.3 Å². The summed E-state index contributed by atoms with van der Waals surface area (Å²) in [7, 11) is 0. The van der Waals surface area contributed by atoms with Gasteiger partial charge in [-0.15, -0.1) is 0 Å². The van der Waals surface area contributed by atoms with Gasteiger partial charge in [-0.2, -0.15) is 5.26 Å². The van der Waals surface area contributed by atoms with Gasteiger partial charge >= 0.3 is 12.1 Å². The topological polar surface area (TPSA) is 135 Å². The quantitative estimate of drug-likeness (QED) is 0.620. The fourth-order valence-electron chi connectivity index (χ4n) is 3.45. The Morgan fingerprint density at radius 3 is 2.24 bits per heavy atom. The molecule has 29 heavy (non-hydrogen) atoms. The van der Waals surface area contributed by atoms with Crippen molar-refractivity contribution in [1.82, 2.24) is 20.4 Å². The van der Waals surface area contributed by atoms with Crippen LogP contribution in [0.4, 0.5) is 9.59 Å². The first kappa shape index (κ1) is 22.7. The molecule has 0 aromatic rings. The van der Waals surface area contributed by atoms with E-state index >= 15 is 0 Å². The molecule has 2 aliphatic heterocycles. The standard InChI is InChI=1S/C19H31N5O5/c1-4-18(2,3)14(21-16(26)23-9-11-29-12-10-23)15(25)22-19(13-20)5-7-24(8-6-19)17(27)28/h14H,4-12H2,1-3H3,(H,21,26)(H,22,25)(H,27,28). The van der Waals surface area contributed by atoms with Gasteiger partial charge in [0, 0.05) is 39.0 Å². The predicted molar refractivity (Wildman–Crippen MR) is 104 cm³/mol. The van der Waals surface area contributed by atoms with Crippen LogP contribution in [0.3, 0.4) is 0 Å². The van der Waals surface area contributed by atoms with Crippen molar-refractivity contribution in [2.24, 2.45) is 5.41 Å². The number of carbonyl (C=O) groups is 3. The molecule has 162 valence electrons. The molecule has 0 saturated carbocycles. The van der Waals surface area contributed by atoms with Gasteiger partial charge in [-0.3, -0.25) is 4.79 Å². The Balaban J connectivity index is 2.11. The molecule has 4 amide bonds. The number of ether oxygens (including phenoxy) is 1. The number of carboxylic acid groups (broad SMARTS) is 1. The maximum atomic E-state index is 13.2. The van der Waals surface area contributed by atoms with Crippen molar-refractivity contribution in [3.05, 3.63) is 0 Å². The number of morpholine rings is 1. The van der Waals surface area contributed by atoms with Crippen molar-refractivity contribution in [2.75, 3.05) is 39.4 Å². The molecule has 0 spiro atoms. The van der Waals surface area contributed by atoms with Crippen molar-refractivity contribution in [3.63, 3.8) is 0 Å². The van der Waals surface area contributed by atoms with Crippen LogP contribution in [0, 0.1) is 16.7 Å². The highest BCUT2D eigenvalue weighted by atomic mass is 16.5. The average molecular weight is 409 g/mol. The lowest BCUT2D eigenvalue weighted by Crippen LogP contribution is -2.63. The van der Waals surface area contributed by atoms with Crippen LogP contribution >= 0.6 is 0 Å². The fourth-order valence-corrected chi connectivity index (χ4v) is 3.45. The third-order valence-corrected chi connectivity index (χ3v) is 5.99. The van der Waals surface area contributed by atoms with E-state index in [2.05, 4.69) is 16.7 Å². The third kappa shape index (κ3) is 5.50. The molecule has 2 aliphatic rings. The van der Waals surface area contributed by atoms with E-state index in [1.165, 1.54) is 4.90 Å². The number of hydrogen-bond donors (Lipinski definition) is 3. The molecule has 1 atom stereocenters. The maximum Gasteiger partial charge on any atom is 0.407 e. The Hall–Kier alpha value is -2.54. The summed E-state index contributed by atoms with van der Waals surface area (Å²) in [5.41, 5.74) is -1.68. The molecule has 0 aliphatic carbocycles. The number of piperidine rings is 1. The zero-order valence-electron chi connectivity index (χ0n) is 17.4. The number of carbonyl (C=O) groups excluding carboxylic acids is 2. The molecule has 2 rings (SSSR count). The lowest BCUT2D eigenvalue weighted by Gasteiger charge is -2.40. The predicted octanol–water partition coefficient (Wildman–Crippen LogP) is 0.985. The van der Waals surface area contributed by atoms with Crippen molar-refractivity contribution >= 4 is 18.0 Å². The first-order valence-corrected chi connectivity index (χ1v) is 9.98. The van der Waals surface area contributed by atoms with Gasteiger partial charge in [0.15, 0.2) is 0 Å². The SMILES string of the molecule is CCC(C)(C)C(NC(=O)N1CCOCC1)C(=O)NC1(C#N)CCN(C(=O)O)CC1. The number of likely N-dealkylation sites (tertiary alicyclic amines) is 1. The van der Waals surface area contributed by atoms with E-state index in [1.807, 2.05) is 20.8 Å². The molecule has 0 bridgehead atoms. The Kier molecular flexibility index (Phi) is 7.30. The largest absolute Gasteiger partial charge is 0.465 e. The van der Waals surface area contributed by atoms with Crippen LogP contribution in [0.5, 0.6) is 0 Å². The Bertz CT molecular complexity index is 660. The highest BCUT2D eigenvalue weighted by molar-refractivity contribution is 5.88. The molecule has 0 aromatic heterocycles. The van der Waals surface area contributed by atoms with Gasteiger partial charge in [-0.05, 0) is 11.8 Å². The first-order chi connectivity index (χ1) is 13.6. The zero-order chi connectivity index (χ0) is 21.7. The smallest absolute Gasteiger partial charge is 0.407 e. The van der Waals surface area contributed by atoms with E-state index in [9.17, 15) is 19.6 Å². The molecule has 0 aromatic carbocycles. The summed E-state index contributed by atoms with van der Waals surface area (Å²) in [6.07, 6.45) is 0.0164. The van der Waals surface area contributed by atoms with E-state index in [0.29, 0.717) is 32.7 Å². The van der Waals surface area contributed by atoms with Crippen molar-refractivity contribution in [3.8, 4) is 6.07 Å². The van der Waals surface area contributed by atoms with Gasteiger partial charge in [0.25, 0.3) is 0 Å². The normalized spacial score (nSPS) is 20.3. The van der Waals surface area contributed by atoms with Crippen LogP contribution < -0.4 is 10.6 Å². The van der Waals surface area contributed by atoms with Gasteiger partial charge in [0.05, 0.1) is 19.3 Å². The molecule has 0 radical (unpaired) electrons. The second kappa shape index (κ2) is 9.31. The molecular weight excluding hydrogens is 378 g/mol. The number of nitrogens with one attached hydrogen (secondary N) is 2. The molecule has 2 heterocycles. The third-order valence-electron chi connectivity index (χ3n) is 5.99. The zero-order valence-corrected chi connectivity index (χ0v) is 17.4. The summed E-state index contributed by atoms with van der Waals surface area (Å²) in [5.74, 6) is -0.427. The monoisotopic (exact) mass is 409 g/mol. The Morgan fingerprint density at radius 1 is 1.17 bits per heavy atom. The van der Waals surface area contributed by atoms with Gasteiger partial charge in [0.2, 0.25) is 5.91 Å². The molecule has 10 nitrogen and oxygen atoms in total. The highest BCUT2D eigenvalue weighted by Crippen LogP contribution is 2.28. The summed E-state index contributed by atoms with van der Waals surface area (Å²) in [6.45, 7) is 7.90. The van der Waals surface area contributed by atoms with Crippen LogP contribution in [-0.4, -0.2) is 83.9 Å². The fraction of sp³-hybridized carbons (Fsp3) is 0.789. The van der Waals surface area contributed by atoms with Gasteiger partial charge in [0.1, 0.15) is 11.6 Å². The summed E-state index contributed by atoms with van der Waals surface area (Å²) < 4.78 is 5.26. The second-order valence-electron chi connectivity index (χ2n) is 8.28. The number of urea groups is 1. The number of hydrogen-bond acceptors (Lipinski definition) is 5. The minimum absolute atomic E-state index is 0.172. The molecule has 2 saturated heterocycles. The number of nitriles is 1. The minimum Gasteiger partial charge on any atom is -0.465 e. The second-order valence-corrected chi connectivity index (χ2v) is 8.28. The van der Waals surface area contributed by atoms with Crippen LogP contribution in [0.15, 0.2) is 0 Å². The van der Waals surface area contributed by atoms with Crippen LogP contribution in [0.2, 0.25) is 0 Å². The minimum atomic E-state index is -1.14. The molecule has 2 fully saturated rings. The molecule has 10 heteroatoms. The molecule has 3 N–H and O–H groups in total. The van der Waals surface area contributed by atoms with E-state index in [-0.39, 0.29) is 32.0 Å². The van der Waals surface area contributed by atoms with E-state index in [1.54, 1.807) is 4.90 Å². The summed E-state index contributed by atoms with van der Waals surface area (Å²) in [4.78, 5) is 39.8. The number of amides is 4. The number of rotatable bonds is 5. The summed E-state index contributed by atoms with van der Waals surface area (Å²) >= 11 is 0. The summed E-state index contributed by atoms with van der Waals surface area (Å²) in [5, 5.41) is 24.5. The molecule has 1 unspecified atom stereocenters. The Morgan fingerprint density at radius 2 is 1.76 bits per heavy atom. The van der Waals surface area contributed by atoms with Crippen LogP contribution in [0.25, 0.3) is 0 Å². The average Bonchev–Trinajstić information content (AvgIpc) is 2.72. The van der Waals surface area contributed by atoms with Gasteiger partial charge in [-0.1, -0.05) is 20.8 Å². The lowest BCUT2D eigenvalue weighted by molar-refractivity contribution is -0.127. The van der Waals surface area contributed by atoms with E-state index in [0.717, 1.165) is 0 Å². The van der Waals surface area contributed by atoms with Crippen molar-refractivity contribution in [1.29, 1.82) is 5.26 Å². The lowest BCUT2D eigenvalue weighted by atomic mass is 9.80. The summed E-state index contributed by atoms with van der Waals surface area (Å²) in [6, 6.07) is 0.998. The van der Waals surface area contributed by atoms with Crippen LogP contribution in [0.1, 0.15) is 40.0 Å². The Labute approximate surface area is 171 Å². The maximum absolute atomic E-state index is 13.2.